The predicted octanol–water partition coefficient (Wildman–Crippen LogP) is 4.97. The molecule has 4 heteroatoms. The van der Waals surface area contributed by atoms with E-state index in [1.807, 2.05) is 44.2 Å². The van der Waals surface area contributed by atoms with Crippen molar-refractivity contribution in [2.45, 2.75) is 29.7 Å². The van der Waals surface area contributed by atoms with E-state index >= 15 is 0 Å². The second-order valence-electron chi connectivity index (χ2n) is 4.42. The van der Waals surface area contributed by atoms with Gasteiger partial charge in [-0.3, -0.25) is 0 Å². The van der Waals surface area contributed by atoms with Crippen molar-refractivity contribution in [3.05, 3.63) is 46.9 Å². The van der Waals surface area contributed by atoms with Crippen molar-refractivity contribution in [1.82, 2.24) is 0 Å². The van der Waals surface area contributed by atoms with E-state index in [0.29, 0.717) is 5.69 Å². The van der Waals surface area contributed by atoms with Gasteiger partial charge < -0.3 is 10.5 Å². The first kappa shape index (κ1) is 14.3. The van der Waals surface area contributed by atoms with Crippen LogP contribution in [-0.2, 0) is 0 Å². The maximum absolute atomic E-state index is 5.91. The summed E-state index contributed by atoms with van der Waals surface area (Å²) in [5, 5.41) is 0. The molecule has 2 aromatic carbocycles. The number of halogens is 1. The monoisotopic (exact) mass is 337 g/mol. The van der Waals surface area contributed by atoms with Gasteiger partial charge in [0.1, 0.15) is 5.75 Å². The minimum Gasteiger partial charge on any atom is -0.489 e. The quantitative estimate of drug-likeness (QED) is 0.800. The summed E-state index contributed by atoms with van der Waals surface area (Å²) < 4.78 is 6.78. The van der Waals surface area contributed by atoms with Gasteiger partial charge in [-0.25, -0.2) is 0 Å². The Labute approximate surface area is 126 Å². The standard InChI is InChI=1S/C15H16BrNOS/c1-10(2)18-15-9-13(7-8-14(15)17)19-12-5-3-11(16)4-6-12/h3-10H,17H2,1-2H3. The molecule has 0 heterocycles. The zero-order chi connectivity index (χ0) is 13.8. The maximum Gasteiger partial charge on any atom is 0.143 e. The highest BCUT2D eigenvalue weighted by Crippen LogP contribution is 2.33. The highest BCUT2D eigenvalue weighted by molar-refractivity contribution is 9.10. The van der Waals surface area contributed by atoms with E-state index in [4.69, 9.17) is 10.5 Å². The SMILES string of the molecule is CC(C)Oc1cc(Sc2ccc(Br)cc2)ccc1N. The van der Waals surface area contributed by atoms with Gasteiger partial charge in [-0.15, -0.1) is 0 Å². The molecule has 0 aliphatic carbocycles. The van der Waals surface area contributed by atoms with Crippen molar-refractivity contribution < 1.29 is 4.74 Å². The molecule has 2 rings (SSSR count). The van der Waals surface area contributed by atoms with Crippen LogP contribution in [0.5, 0.6) is 5.75 Å². The van der Waals surface area contributed by atoms with Crippen molar-refractivity contribution in [3.63, 3.8) is 0 Å². The Morgan fingerprint density at radius 2 is 1.68 bits per heavy atom. The molecule has 0 unspecified atom stereocenters. The van der Waals surface area contributed by atoms with Gasteiger partial charge in [-0.1, -0.05) is 27.7 Å². The van der Waals surface area contributed by atoms with Gasteiger partial charge in [0.15, 0.2) is 0 Å². The van der Waals surface area contributed by atoms with Crippen LogP contribution >= 0.6 is 27.7 Å². The van der Waals surface area contributed by atoms with E-state index in [9.17, 15) is 0 Å². The lowest BCUT2D eigenvalue weighted by Crippen LogP contribution is -2.07. The Hall–Kier alpha value is -1.13. The number of nitrogen functional groups attached to an aromatic ring is 1. The zero-order valence-electron chi connectivity index (χ0n) is 10.9. The minimum atomic E-state index is 0.121. The topological polar surface area (TPSA) is 35.2 Å². The van der Waals surface area contributed by atoms with Crippen LogP contribution in [0.25, 0.3) is 0 Å². The van der Waals surface area contributed by atoms with Crippen LogP contribution < -0.4 is 10.5 Å². The first-order valence-corrected chi connectivity index (χ1v) is 7.65. The number of hydrogen-bond acceptors (Lipinski definition) is 3. The second kappa shape index (κ2) is 6.35. The molecule has 0 spiro atoms. The Bertz CT molecular complexity index is 555. The van der Waals surface area contributed by atoms with Crippen LogP contribution in [0.2, 0.25) is 0 Å². The molecule has 0 saturated heterocycles. The largest absolute Gasteiger partial charge is 0.489 e. The van der Waals surface area contributed by atoms with E-state index in [2.05, 4.69) is 28.1 Å². The van der Waals surface area contributed by atoms with Crippen molar-refractivity contribution in [2.24, 2.45) is 0 Å². The number of benzene rings is 2. The van der Waals surface area contributed by atoms with Crippen LogP contribution in [-0.4, -0.2) is 6.10 Å². The molecule has 0 aliphatic rings. The number of ether oxygens (including phenoxy) is 1. The summed E-state index contributed by atoms with van der Waals surface area (Å²) in [6.07, 6.45) is 0.121. The molecular weight excluding hydrogens is 322 g/mol. The number of anilines is 1. The summed E-state index contributed by atoms with van der Waals surface area (Å²) in [6, 6.07) is 14.1. The molecule has 0 atom stereocenters. The molecular formula is C15H16BrNOS. The van der Waals surface area contributed by atoms with Gasteiger partial charge in [-0.2, -0.15) is 0 Å². The maximum atomic E-state index is 5.91. The third-order valence-corrected chi connectivity index (χ3v) is 3.92. The summed E-state index contributed by atoms with van der Waals surface area (Å²) in [6.45, 7) is 3.99. The number of nitrogens with two attached hydrogens (primary N) is 1. The molecule has 0 fully saturated rings. The fraction of sp³-hybridized carbons (Fsp3) is 0.200. The molecule has 100 valence electrons. The van der Waals surface area contributed by atoms with Gasteiger partial charge in [0, 0.05) is 14.3 Å². The van der Waals surface area contributed by atoms with Gasteiger partial charge in [0.25, 0.3) is 0 Å². The average Bonchev–Trinajstić information content (AvgIpc) is 2.36. The van der Waals surface area contributed by atoms with Crippen LogP contribution in [0.15, 0.2) is 56.7 Å². The molecule has 2 aromatic rings. The highest BCUT2D eigenvalue weighted by Gasteiger charge is 2.06. The highest BCUT2D eigenvalue weighted by atomic mass is 79.9. The van der Waals surface area contributed by atoms with Crippen LogP contribution in [0.1, 0.15) is 13.8 Å². The van der Waals surface area contributed by atoms with Gasteiger partial charge in [-0.05, 0) is 56.3 Å². The van der Waals surface area contributed by atoms with Crippen molar-refractivity contribution in [1.29, 1.82) is 0 Å². The second-order valence-corrected chi connectivity index (χ2v) is 6.48. The summed E-state index contributed by atoms with van der Waals surface area (Å²) in [5.41, 5.74) is 6.59. The third kappa shape index (κ3) is 4.18. The summed E-state index contributed by atoms with van der Waals surface area (Å²) >= 11 is 5.12. The molecule has 0 bridgehead atoms. The molecule has 0 aliphatic heterocycles. The van der Waals surface area contributed by atoms with Crippen LogP contribution in [0.4, 0.5) is 5.69 Å². The van der Waals surface area contributed by atoms with E-state index in [1.54, 1.807) is 11.8 Å². The Kier molecular flexibility index (Phi) is 4.77. The molecule has 0 amide bonds. The fourth-order valence-electron chi connectivity index (χ4n) is 1.57. The fourth-order valence-corrected chi connectivity index (χ4v) is 2.68. The van der Waals surface area contributed by atoms with Gasteiger partial charge >= 0.3 is 0 Å². The molecule has 0 aromatic heterocycles. The predicted molar refractivity (Wildman–Crippen MR) is 84.9 cm³/mol. The van der Waals surface area contributed by atoms with E-state index in [-0.39, 0.29) is 6.10 Å². The first-order valence-electron chi connectivity index (χ1n) is 6.04. The summed E-state index contributed by atoms with van der Waals surface area (Å²) in [5.74, 6) is 0.747. The van der Waals surface area contributed by atoms with E-state index < -0.39 is 0 Å². The van der Waals surface area contributed by atoms with Gasteiger partial charge in [0.05, 0.1) is 11.8 Å². The smallest absolute Gasteiger partial charge is 0.143 e. The molecule has 19 heavy (non-hydrogen) atoms. The number of rotatable bonds is 4. The lowest BCUT2D eigenvalue weighted by atomic mass is 10.3. The van der Waals surface area contributed by atoms with Gasteiger partial charge in [0.2, 0.25) is 0 Å². The molecule has 2 nitrogen and oxygen atoms in total. The lowest BCUT2D eigenvalue weighted by molar-refractivity contribution is 0.243. The minimum absolute atomic E-state index is 0.121. The summed E-state index contributed by atoms with van der Waals surface area (Å²) in [7, 11) is 0. The molecule has 0 saturated carbocycles. The van der Waals surface area contributed by atoms with E-state index in [1.165, 1.54) is 4.90 Å². The third-order valence-electron chi connectivity index (χ3n) is 2.40. The Morgan fingerprint density at radius 3 is 2.32 bits per heavy atom. The molecule has 2 N–H and O–H groups in total. The van der Waals surface area contributed by atoms with Crippen molar-refractivity contribution in [2.75, 3.05) is 5.73 Å². The van der Waals surface area contributed by atoms with Crippen LogP contribution in [0.3, 0.4) is 0 Å². The Balaban J connectivity index is 2.18. The van der Waals surface area contributed by atoms with Crippen LogP contribution in [0, 0.1) is 0 Å². The average molecular weight is 338 g/mol. The Morgan fingerprint density at radius 1 is 1.05 bits per heavy atom. The molecule has 0 radical (unpaired) electrons. The van der Waals surface area contributed by atoms with E-state index in [0.717, 1.165) is 15.1 Å². The number of hydrogen-bond donors (Lipinski definition) is 1. The summed E-state index contributed by atoms with van der Waals surface area (Å²) in [4.78, 5) is 2.30. The van der Waals surface area contributed by atoms with Crippen molar-refractivity contribution in [3.8, 4) is 5.75 Å². The lowest BCUT2D eigenvalue weighted by Gasteiger charge is -2.13. The first-order chi connectivity index (χ1) is 9.04. The zero-order valence-corrected chi connectivity index (χ0v) is 13.3. The van der Waals surface area contributed by atoms with Crippen molar-refractivity contribution >= 4 is 33.4 Å². The normalized spacial score (nSPS) is 10.7.